The SMILES string of the molecule is Cc1cccc(CN2CCC(N3CCC(C(=O)NCc4cn(C)nc4C)CC3)CC2)n1. The minimum Gasteiger partial charge on any atom is -0.352 e. The molecule has 4 rings (SSSR count). The van der Waals surface area contributed by atoms with Gasteiger partial charge in [-0.15, -0.1) is 0 Å². The lowest BCUT2D eigenvalue weighted by Crippen LogP contribution is -2.49. The summed E-state index contributed by atoms with van der Waals surface area (Å²) < 4.78 is 1.80. The minimum atomic E-state index is 0.140. The Kier molecular flexibility index (Phi) is 7.02. The highest BCUT2D eigenvalue weighted by Crippen LogP contribution is 2.25. The van der Waals surface area contributed by atoms with Gasteiger partial charge in [-0.1, -0.05) is 6.07 Å². The number of amides is 1. The molecule has 2 aromatic heterocycles. The van der Waals surface area contributed by atoms with Crippen molar-refractivity contribution in [2.24, 2.45) is 13.0 Å². The van der Waals surface area contributed by atoms with Crippen LogP contribution in [0.2, 0.25) is 0 Å². The lowest BCUT2D eigenvalue weighted by atomic mass is 9.92. The lowest BCUT2D eigenvalue weighted by Gasteiger charge is -2.41. The van der Waals surface area contributed by atoms with E-state index in [9.17, 15) is 4.79 Å². The fourth-order valence-corrected chi connectivity index (χ4v) is 5.03. The minimum absolute atomic E-state index is 0.140. The van der Waals surface area contributed by atoms with Crippen molar-refractivity contribution in [1.29, 1.82) is 0 Å². The summed E-state index contributed by atoms with van der Waals surface area (Å²) in [6.45, 7) is 9.90. The van der Waals surface area contributed by atoms with Crippen LogP contribution in [-0.2, 0) is 24.9 Å². The van der Waals surface area contributed by atoms with E-state index in [1.807, 2.05) is 20.2 Å². The molecule has 2 aliphatic heterocycles. The van der Waals surface area contributed by atoms with Gasteiger partial charge in [-0.3, -0.25) is 19.4 Å². The first-order valence-corrected chi connectivity index (χ1v) is 11.6. The monoisotopic (exact) mass is 424 g/mol. The van der Waals surface area contributed by atoms with Crippen LogP contribution in [0.15, 0.2) is 24.4 Å². The van der Waals surface area contributed by atoms with Crippen molar-refractivity contribution in [2.75, 3.05) is 26.2 Å². The number of nitrogens with one attached hydrogen (secondary N) is 1. The van der Waals surface area contributed by atoms with Crippen molar-refractivity contribution < 1.29 is 4.79 Å². The third-order valence-electron chi connectivity index (χ3n) is 6.87. The van der Waals surface area contributed by atoms with Gasteiger partial charge in [0.1, 0.15) is 0 Å². The van der Waals surface area contributed by atoms with E-state index in [4.69, 9.17) is 0 Å². The highest BCUT2D eigenvalue weighted by atomic mass is 16.1. The first kappa shape index (κ1) is 22.0. The van der Waals surface area contributed by atoms with Crippen molar-refractivity contribution in [3.8, 4) is 0 Å². The third kappa shape index (κ3) is 5.71. The molecule has 31 heavy (non-hydrogen) atoms. The number of hydrogen-bond donors (Lipinski definition) is 1. The molecule has 4 heterocycles. The van der Waals surface area contributed by atoms with Crippen LogP contribution in [-0.4, -0.2) is 62.7 Å². The number of carbonyl (C=O) groups excluding carboxylic acids is 1. The molecule has 0 radical (unpaired) electrons. The fraction of sp³-hybridized carbons (Fsp3) is 0.625. The Morgan fingerprint density at radius 1 is 1.10 bits per heavy atom. The Hall–Kier alpha value is -2.25. The Balaban J connectivity index is 1.18. The highest BCUT2D eigenvalue weighted by molar-refractivity contribution is 5.78. The van der Waals surface area contributed by atoms with Crippen molar-refractivity contribution >= 4 is 5.91 Å². The first-order chi connectivity index (χ1) is 15.0. The molecule has 7 nitrogen and oxygen atoms in total. The number of pyridine rings is 1. The average molecular weight is 425 g/mol. The van der Waals surface area contributed by atoms with E-state index in [2.05, 4.69) is 50.3 Å². The smallest absolute Gasteiger partial charge is 0.223 e. The van der Waals surface area contributed by atoms with Gasteiger partial charge in [0, 0.05) is 62.6 Å². The van der Waals surface area contributed by atoms with Crippen LogP contribution >= 0.6 is 0 Å². The molecule has 0 aromatic carbocycles. The molecule has 0 unspecified atom stereocenters. The Morgan fingerprint density at radius 2 is 1.84 bits per heavy atom. The lowest BCUT2D eigenvalue weighted by molar-refractivity contribution is -0.126. The molecule has 2 fully saturated rings. The number of likely N-dealkylation sites (tertiary alicyclic amines) is 2. The summed E-state index contributed by atoms with van der Waals surface area (Å²) in [5, 5.41) is 7.47. The van der Waals surface area contributed by atoms with E-state index >= 15 is 0 Å². The zero-order valence-corrected chi connectivity index (χ0v) is 19.2. The maximum Gasteiger partial charge on any atom is 0.223 e. The van der Waals surface area contributed by atoms with Crippen LogP contribution in [0.5, 0.6) is 0 Å². The predicted octanol–water partition coefficient (Wildman–Crippen LogP) is 2.42. The quantitative estimate of drug-likeness (QED) is 0.772. The predicted molar refractivity (Wildman–Crippen MR) is 121 cm³/mol. The summed E-state index contributed by atoms with van der Waals surface area (Å²) in [7, 11) is 1.91. The van der Waals surface area contributed by atoms with Gasteiger partial charge < -0.3 is 10.2 Å². The second-order valence-corrected chi connectivity index (χ2v) is 9.22. The van der Waals surface area contributed by atoms with Crippen LogP contribution in [0.3, 0.4) is 0 Å². The van der Waals surface area contributed by atoms with Gasteiger partial charge >= 0.3 is 0 Å². The summed E-state index contributed by atoms with van der Waals surface area (Å²) in [4.78, 5) is 22.4. The molecule has 168 valence electrons. The van der Waals surface area contributed by atoms with Crippen molar-refractivity contribution in [1.82, 2.24) is 29.9 Å². The number of rotatable bonds is 6. The topological polar surface area (TPSA) is 66.3 Å². The molecule has 2 aromatic rings. The van der Waals surface area contributed by atoms with Crippen LogP contribution < -0.4 is 5.32 Å². The molecule has 0 saturated carbocycles. The van der Waals surface area contributed by atoms with Crippen LogP contribution in [0.1, 0.15) is 48.3 Å². The molecule has 0 aliphatic carbocycles. The third-order valence-corrected chi connectivity index (χ3v) is 6.87. The number of aromatic nitrogens is 3. The molecular formula is C24H36N6O. The van der Waals surface area contributed by atoms with Crippen LogP contribution in [0.25, 0.3) is 0 Å². The largest absolute Gasteiger partial charge is 0.352 e. The van der Waals surface area contributed by atoms with E-state index in [0.29, 0.717) is 12.6 Å². The molecule has 0 atom stereocenters. The molecule has 0 spiro atoms. The van der Waals surface area contributed by atoms with Gasteiger partial charge in [-0.25, -0.2) is 0 Å². The van der Waals surface area contributed by atoms with E-state index in [1.165, 1.54) is 18.5 Å². The summed E-state index contributed by atoms with van der Waals surface area (Å²) >= 11 is 0. The van der Waals surface area contributed by atoms with E-state index in [0.717, 1.165) is 62.5 Å². The molecular weight excluding hydrogens is 388 g/mol. The molecule has 2 aliphatic rings. The summed E-state index contributed by atoms with van der Waals surface area (Å²) in [5.41, 5.74) is 4.35. The standard InChI is InChI=1S/C24H36N6O/c1-18-5-4-6-22(26-18)17-29-11-9-23(10-12-29)30-13-7-20(8-14-30)24(31)25-15-21-16-28(3)27-19(21)2/h4-6,16,20,23H,7-15,17H2,1-3H3,(H,25,31). The molecule has 1 N–H and O–H groups in total. The van der Waals surface area contributed by atoms with Crippen LogP contribution in [0, 0.1) is 19.8 Å². The van der Waals surface area contributed by atoms with E-state index in [-0.39, 0.29) is 11.8 Å². The molecule has 2 saturated heterocycles. The second kappa shape index (κ2) is 9.92. The van der Waals surface area contributed by atoms with Gasteiger partial charge in [0.05, 0.1) is 11.4 Å². The van der Waals surface area contributed by atoms with Crippen molar-refractivity contribution in [3.63, 3.8) is 0 Å². The normalized spacial score (nSPS) is 19.6. The molecule has 0 bridgehead atoms. The van der Waals surface area contributed by atoms with Crippen LogP contribution in [0.4, 0.5) is 0 Å². The van der Waals surface area contributed by atoms with Gasteiger partial charge in [0.15, 0.2) is 0 Å². The van der Waals surface area contributed by atoms with Gasteiger partial charge in [0.2, 0.25) is 5.91 Å². The summed E-state index contributed by atoms with van der Waals surface area (Å²) in [6, 6.07) is 6.94. The maximum atomic E-state index is 12.6. The number of aryl methyl sites for hydroxylation is 3. The number of hydrogen-bond acceptors (Lipinski definition) is 5. The summed E-state index contributed by atoms with van der Waals surface area (Å²) in [5.74, 6) is 0.337. The second-order valence-electron chi connectivity index (χ2n) is 9.22. The van der Waals surface area contributed by atoms with Gasteiger partial charge in [-0.2, -0.15) is 5.10 Å². The van der Waals surface area contributed by atoms with Gasteiger partial charge in [0.25, 0.3) is 0 Å². The highest BCUT2D eigenvalue weighted by Gasteiger charge is 2.30. The average Bonchev–Trinajstić information content (AvgIpc) is 3.09. The fourth-order valence-electron chi connectivity index (χ4n) is 5.03. The Morgan fingerprint density at radius 3 is 2.48 bits per heavy atom. The maximum absolute atomic E-state index is 12.6. The van der Waals surface area contributed by atoms with Crippen molar-refractivity contribution in [2.45, 2.75) is 58.7 Å². The first-order valence-electron chi connectivity index (χ1n) is 11.6. The number of nitrogens with zero attached hydrogens (tertiary/aromatic N) is 5. The zero-order valence-electron chi connectivity index (χ0n) is 19.2. The zero-order chi connectivity index (χ0) is 21.8. The number of carbonyl (C=O) groups is 1. The van der Waals surface area contributed by atoms with Crippen molar-refractivity contribution in [3.05, 3.63) is 47.0 Å². The Bertz CT molecular complexity index is 878. The van der Waals surface area contributed by atoms with Gasteiger partial charge in [-0.05, 0) is 64.8 Å². The molecule has 7 heteroatoms. The van der Waals surface area contributed by atoms with E-state index < -0.39 is 0 Å². The Labute approximate surface area is 185 Å². The number of piperidine rings is 2. The van der Waals surface area contributed by atoms with E-state index in [1.54, 1.807) is 4.68 Å². The summed E-state index contributed by atoms with van der Waals surface area (Å²) in [6.07, 6.45) is 6.34. The molecule has 1 amide bonds.